The molecule has 3 rings (SSSR count). The van der Waals surface area contributed by atoms with E-state index in [2.05, 4.69) is 62.7 Å². The molecule has 2 aliphatic rings. The van der Waals surface area contributed by atoms with E-state index >= 15 is 0 Å². The number of guanidine groups is 1. The van der Waals surface area contributed by atoms with Gasteiger partial charge in [-0.2, -0.15) is 0 Å². The molecule has 0 spiro atoms. The summed E-state index contributed by atoms with van der Waals surface area (Å²) in [5, 5.41) is 7.00. The minimum absolute atomic E-state index is 0. The van der Waals surface area contributed by atoms with Crippen molar-refractivity contribution in [2.45, 2.75) is 51.2 Å². The predicted octanol–water partition coefficient (Wildman–Crippen LogP) is 3.75. The average molecular weight is 507 g/mol. The first-order valence-corrected chi connectivity index (χ1v) is 9.57. The van der Waals surface area contributed by atoms with Crippen LogP contribution in [0.2, 0.25) is 0 Å². The van der Waals surface area contributed by atoms with Crippen molar-refractivity contribution in [2.24, 2.45) is 4.99 Å². The van der Waals surface area contributed by atoms with Crippen LogP contribution in [0.5, 0.6) is 0 Å². The van der Waals surface area contributed by atoms with Gasteiger partial charge < -0.3 is 15.5 Å². The van der Waals surface area contributed by atoms with Gasteiger partial charge in [-0.1, -0.05) is 28.1 Å². The number of hydrogen-bond acceptors (Lipinski definition) is 2. The van der Waals surface area contributed by atoms with Crippen LogP contribution in [0.15, 0.2) is 33.7 Å². The Morgan fingerprint density at radius 2 is 1.83 bits per heavy atom. The van der Waals surface area contributed by atoms with E-state index in [-0.39, 0.29) is 24.0 Å². The van der Waals surface area contributed by atoms with Crippen molar-refractivity contribution >= 4 is 45.9 Å². The van der Waals surface area contributed by atoms with Crippen molar-refractivity contribution < 1.29 is 0 Å². The quantitative estimate of drug-likeness (QED) is 0.363. The molecule has 1 saturated heterocycles. The van der Waals surface area contributed by atoms with Gasteiger partial charge in [0, 0.05) is 36.2 Å². The Kier molecular flexibility index (Phi) is 8.30. The first-order valence-electron chi connectivity index (χ1n) is 8.78. The molecule has 1 saturated carbocycles. The van der Waals surface area contributed by atoms with Crippen LogP contribution in [-0.4, -0.2) is 42.6 Å². The molecule has 0 atom stereocenters. The van der Waals surface area contributed by atoms with E-state index in [1.54, 1.807) is 0 Å². The predicted molar refractivity (Wildman–Crippen MR) is 115 cm³/mol. The van der Waals surface area contributed by atoms with Crippen LogP contribution in [0.3, 0.4) is 0 Å². The molecule has 1 aliphatic carbocycles. The highest BCUT2D eigenvalue weighted by Gasteiger charge is 2.31. The second-order valence-electron chi connectivity index (χ2n) is 6.51. The van der Waals surface area contributed by atoms with Gasteiger partial charge in [0.25, 0.3) is 0 Å². The Labute approximate surface area is 171 Å². The van der Waals surface area contributed by atoms with Crippen LogP contribution in [0.4, 0.5) is 0 Å². The molecule has 2 fully saturated rings. The zero-order chi connectivity index (χ0) is 16.1. The van der Waals surface area contributed by atoms with Gasteiger partial charge in [0.2, 0.25) is 0 Å². The normalized spacial score (nSPS) is 19.7. The van der Waals surface area contributed by atoms with Gasteiger partial charge in [0.1, 0.15) is 0 Å². The largest absolute Gasteiger partial charge is 0.357 e. The monoisotopic (exact) mass is 506 g/mol. The molecule has 1 aromatic rings. The number of halogens is 2. The van der Waals surface area contributed by atoms with E-state index in [4.69, 9.17) is 4.99 Å². The van der Waals surface area contributed by atoms with Gasteiger partial charge in [-0.3, -0.25) is 0 Å². The Hall–Kier alpha value is -0.340. The number of rotatable bonds is 5. The highest BCUT2D eigenvalue weighted by atomic mass is 127. The van der Waals surface area contributed by atoms with E-state index in [9.17, 15) is 0 Å². The topological polar surface area (TPSA) is 39.7 Å². The van der Waals surface area contributed by atoms with Gasteiger partial charge in [-0.05, 0) is 50.3 Å². The number of aliphatic imine (C=N–C) groups is 1. The summed E-state index contributed by atoms with van der Waals surface area (Å²) in [7, 11) is 0. The van der Waals surface area contributed by atoms with E-state index in [1.165, 1.54) is 44.3 Å². The van der Waals surface area contributed by atoms with Gasteiger partial charge in [-0.25, -0.2) is 4.99 Å². The first-order chi connectivity index (χ1) is 11.2. The van der Waals surface area contributed by atoms with Crippen molar-refractivity contribution in [3.05, 3.63) is 34.3 Å². The summed E-state index contributed by atoms with van der Waals surface area (Å²) in [6.45, 7) is 6.19. The lowest BCUT2D eigenvalue weighted by Gasteiger charge is -2.33. The molecule has 4 nitrogen and oxygen atoms in total. The van der Waals surface area contributed by atoms with Crippen LogP contribution in [-0.2, 0) is 6.54 Å². The van der Waals surface area contributed by atoms with E-state index in [0.717, 1.165) is 23.0 Å². The number of likely N-dealkylation sites (tertiary alicyclic amines) is 1. The zero-order valence-corrected chi connectivity index (χ0v) is 18.2. The lowest BCUT2D eigenvalue weighted by atomic mass is 10.1. The Morgan fingerprint density at radius 3 is 2.42 bits per heavy atom. The molecular weight excluding hydrogens is 479 g/mol. The molecule has 6 heteroatoms. The van der Waals surface area contributed by atoms with Gasteiger partial charge in [-0.15, -0.1) is 24.0 Å². The highest BCUT2D eigenvalue weighted by molar-refractivity contribution is 14.0. The second kappa shape index (κ2) is 9.97. The Morgan fingerprint density at radius 1 is 1.17 bits per heavy atom. The van der Waals surface area contributed by atoms with Crippen LogP contribution in [0.1, 0.15) is 38.2 Å². The van der Waals surface area contributed by atoms with Crippen LogP contribution in [0, 0.1) is 0 Å². The summed E-state index contributed by atoms with van der Waals surface area (Å²) >= 11 is 3.47. The maximum atomic E-state index is 4.74. The summed E-state index contributed by atoms with van der Waals surface area (Å²) in [5.74, 6) is 0.945. The molecular formula is C18H28BrIN4. The van der Waals surface area contributed by atoms with Crippen molar-refractivity contribution in [3.63, 3.8) is 0 Å². The number of nitrogens with zero attached hydrogens (tertiary/aromatic N) is 2. The van der Waals surface area contributed by atoms with Crippen LogP contribution in [0.25, 0.3) is 0 Å². The van der Waals surface area contributed by atoms with E-state index in [0.29, 0.717) is 12.6 Å². The smallest absolute Gasteiger partial charge is 0.191 e. The third-order valence-corrected chi connectivity index (χ3v) is 5.14. The van der Waals surface area contributed by atoms with Gasteiger partial charge in [0.05, 0.1) is 6.54 Å². The standard InChI is InChI=1S/C18H27BrN4.HI/c1-2-20-18(21-13-14-3-5-15(19)6-4-14)22-16-9-11-23(12-10-16)17-7-8-17;/h3-6,16-17H,2,7-13H2,1H3,(H2,20,21,22);1H. The molecule has 0 bridgehead atoms. The number of benzene rings is 1. The van der Waals surface area contributed by atoms with Gasteiger partial charge in [0.15, 0.2) is 5.96 Å². The zero-order valence-electron chi connectivity index (χ0n) is 14.3. The fraction of sp³-hybridized carbons (Fsp3) is 0.611. The molecule has 0 aromatic heterocycles. The van der Waals surface area contributed by atoms with Crippen molar-refractivity contribution in [1.82, 2.24) is 15.5 Å². The van der Waals surface area contributed by atoms with E-state index in [1.807, 2.05) is 0 Å². The SMILES string of the molecule is CCNC(=NCc1ccc(Br)cc1)NC1CCN(C2CC2)CC1.I. The summed E-state index contributed by atoms with van der Waals surface area (Å²) < 4.78 is 1.11. The van der Waals surface area contributed by atoms with Crippen molar-refractivity contribution in [2.75, 3.05) is 19.6 Å². The molecule has 1 heterocycles. The minimum Gasteiger partial charge on any atom is -0.357 e. The minimum atomic E-state index is 0. The molecule has 0 unspecified atom stereocenters. The number of hydrogen-bond donors (Lipinski definition) is 2. The van der Waals surface area contributed by atoms with Gasteiger partial charge >= 0.3 is 0 Å². The highest BCUT2D eigenvalue weighted by Crippen LogP contribution is 2.29. The third-order valence-electron chi connectivity index (χ3n) is 4.61. The Balaban J connectivity index is 0.00000208. The summed E-state index contributed by atoms with van der Waals surface area (Å²) in [5.41, 5.74) is 1.23. The van der Waals surface area contributed by atoms with Crippen molar-refractivity contribution in [3.8, 4) is 0 Å². The molecule has 1 aliphatic heterocycles. The first kappa shape index (κ1) is 20.0. The molecule has 24 heavy (non-hydrogen) atoms. The average Bonchev–Trinajstić information content (AvgIpc) is 3.40. The molecule has 2 N–H and O–H groups in total. The maximum Gasteiger partial charge on any atom is 0.191 e. The second-order valence-corrected chi connectivity index (χ2v) is 7.42. The number of piperidine rings is 1. The molecule has 1 aromatic carbocycles. The lowest BCUT2D eigenvalue weighted by Crippen LogP contribution is -2.49. The van der Waals surface area contributed by atoms with Crippen LogP contribution >= 0.6 is 39.9 Å². The molecule has 0 amide bonds. The maximum absolute atomic E-state index is 4.74. The van der Waals surface area contributed by atoms with Crippen LogP contribution < -0.4 is 10.6 Å². The number of nitrogens with one attached hydrogen (secondary N) is 2. The molecule has 0 radical (unpaired) electrons. The fourth-order valence-electron chi connectivity index (χ4n) is 3.12. The summed E-state index contributed by atoms with van der Waals surface area (Å²) in [6.07, 6.45) is 5.27. The molecule has 134 valence electrons. The summed E-state index contributed by atoms with van der Waals surface area (Å²) in [6, 6.07) is 9.82. The van der Waals surface area contributed by atoms with E-state index < -0.39 is 0 Å². The fourth-order valence-corrected chi connectivity index (χ4v) is 3.39. The third kappa shape index (κ3) is 6.19. The lowest BCUT2D eigenvalue weighted by molar-refractivity contribution is 0.197. The van der Waals surface area contributed by atoms with Crippen molar-refractivity contribution in [1.29, 1.82) is 0 Å². The summed E-state index contributed by atoms with van der Waals surface area (Å²) in [4.78, 5) is 7.40. The Bertz CT molecular complexity index is 522.